The smallest absolute Gasteiger partial charge is 0.188 e. The number of nitrogens with zero attached hydrogens (tertiary/aromatic N) is 1. The van der Waals surface area contributed by atoms with Gasteiger partial charge in [0.05, 0.1) is 17.7 Å². The second-order valence-corrected chi connectivity index (χ2v) is 6.16. The Hall–Kier alpha value is -1.33. The average Bonchev–Trinajstić information content (AvgIpc) is 2.76. The van der Waals surface area contributed by atoms with Crippen molar-refractivity contribution in [1.29, 1.82) is 0 Å². The summed E-state index contributed by atoms with van der Waals surface area (Å²) in [5.74, 6) is -0.216. The maximum absolute atomic E-state index is 13.4. The highest BCUT2D eigenvalue weighted by atomic mass is 35.5. The molecule has 6 heteroatoms. The van der Waals surface area contributed by atoms with Crippen molar-refractivity contribution >= 4 is 17.6 Å². The van der Waals surface area contributed by atoms with Gasteiger partial charge in [0.1, 0.15) is 5.82 Å². The SMILES string of the molecule is NC(=NCC(O)c1ccc(Cl)c(F)c1)NC1CCCCCC1. The Morgan fingerprint density at radius 3 is 2.68 bits per heavy atom. The van der Waals surface area contributed by atoms with Crippen molar-refractivity contribution in [3.8, 4) is 0 Å². The molecule has 0 heterocycles. The third-order valence-corrected chi connectivity index (χ3v) is 4.28. The van der Waals surface area contributed by atoms with Crippen LogP contribution in [0.25, 0.3) is 0 Å². The Labute approximate surface area is 135 Å². The molecule has 1 aromatic rings. The first kappa shape index (κ1) is 17.0. The van der Waals surface area contributed by atoms with E-state index in [1.54, 1.807) is 6.07 Å². The summed E-state index contributed by atoms with van der Waals surface area (Å²) < 4.78 is 13.4. The molecule has 4 nitrogen and oxygen atoms in total. The molecule has 1 fully saturated rings. The number of hydrogen-bond acceptors (Lipinski definition) is 2. The van der Waals surface area contributed by atoms with E-state index in [0.29, 0.717) is 17.6 Å². The van der Waals surface area contributed by atoms with Crippen LogP contribution in [0.4, 0.5) is 4.39 Å². The van der Waals surface area contributed by atoms with Gasteiger partial charge in [-0.3, -0.25) is 4.99 Å². The predicted octanol–water partition coefficient (Wildman–Crippen LogP) is 3.14. The van der Waals surface area contributed by atoms with E-state index in [0.717, 1.165) is 12.8 Å². The van der Waals surface area contributed by atoms with Crippen molar-refractivity contribution in [2.45, 2.75) is 50.7 Å². The van der Waals surface area contributed by atoms with Gasteiger partial charge in [-0.1, -0.05) is 43.4 Å². The van der Waals surface area contributed by atoms with Crippen LogP contribution in [-0.4, -0.2) is 23.7 Å². The minimum absolute atomic E-state index is 0.0361. The summed E-state index contributed by atoms with van der Waals surface area (Å²) in [6.07, 6.45) is 6.25. The Bertz CT molecular complexity index is 516. The van der Waals surface area contributed by atoms with E-state index in [4.69, 9.17) is 17.3 Å². The molecule has 0 amide bonds. The lowest BCUT2D eigenvalue weighted by Gasteiger charge is -2.17. The summed E-state index contributed by atoms with van der Waals surface area (Å²) in [7, 11) is 0. The first-order valence-electron chi connectivity index (χ1n) is 7.75. The fraction of sp³-hybridized carbons (Fsp3) is 0.562. The summed E-state index contributed by atoms with van der Waals surface area (Å²) in [5.41, 5.74) is 6.31. The highest BCUT2D eigenvalue weighted by molar-refractivity contribution is 6.30. The quantitative estimate of drug-likeness (QED) is 0.452. The molecule has 1 aliphatic carbocycles. The van der Waals surface area contributed by atoms with Gasteiger partial charge in [0.2, 0.25) is 0 Å². The number of nitrogens with one attached hydrogen (secondary N) is 1. The van der Waals surface area contributed by atoms with Gasteiger partial charge >= 0.3 is 0 Å². The van der Waals surface area contributed by atoms with Crippen molar-refractivity contribution in [1.82, 2.24) is 5.32 Å². The zero-order chi connectivity index (χ0) is 15.9. The van der Waals surface area contributed by atoms with Crippen LogP contribution in [0, 0.1) is 5.82 Å². The molecule has 4 N–H and O–H groups in total. The van der Waals surface area contributed by atoms with Gasteiger partial charge in [0, 0.05) is 6.04 Å². The van der Waals surface area contributed by atoms with Gasteiger partial charge < -0.3 is 16.2 Å². The lowest BCUT2D eigenvalue weighted by molar-refractivity contribution is 0.186. The van der Waals surface area contributed by atoms with Crippen molar-refractivity contribution in [2.75, 3.05) is 6.54 Å². The molecule has 0 radical (unpaired) electrons. The number of halogens is 2. The monoisotopic (exact) mass is 327 g/mol. The minimum atomic E-state index is -0.902. The van der Waals surface area contributed by atoms with E-state index in [9.17, 15) is 9.50 Å². The summed E-state index contributed by atoms with van der Waals surface area (Å²) in [6, 6.07) is 4.58. The standard InChI is InChI=1S/C16H23ClFN3O/c17-13-8-7-11(9-14(13)18)15(22)10-20-16(19)21-12-5-3-1-2-4-6-12/h7-9,12,15,22H,1-6,10H2,(H3,19,20,21). The number of aliphatic hydroxyl groups is 1. The van der Waals surface area contributed by atoms with Crippen molar-refractivity contribution < 1.29 is 9.50 Å². The fourth-order valence-electron chi connectivity index (χ4n) is 2.69. The summed E-state index contributed by atoms with van der Waals surface area (Å²) >= 11 is 5.62. The van der Waals surface area contributed by atoms with Gasteiger partial charge in [-0.15, -0.1) is 0 Å². The molecule has 22 heavy (non-hydrogen) atoms. The second-order valence-electron chi connectivity index (χ2n) is 5.75. The lowest BCUT2D eigenvalue weighted by atomic mass is 10.1. The zero-order valence-corrected chi connectivity index (χ0v) is 13.3. The van der Waals surface area contributed by atoms with Crippen LogP contribution in [0.15, 0.2) is 23.2 Å². The molecule has 1 saturated carbocycles. The number of hydrogen-bond donors (Lipinski definition) is 3. The largest absolute Gasteiger partial charge is 0.386 e. The van der Waals surface area contributed by atoms with Crippen molar-refractivity contribution in [3.63, 3.8) is 0 Å². The Kier molecular flexibility index (Phi) is 6.46. The molecule has 1 aliphatic rings. The molecule has 0 aliphatic heterocycles. The summed E-state index contributed by atoms with van der Waals surface area (Å²) in [5, 5.41) is 13.3. The van der Waals surface area contributed by atoms with E-state index in [1.165, 1.54) is 37.8 Å². The number of benzene rings is 1. The first-order valence-corrected chi connectivity index (χ1v) is 8.13. The molecule has 122 valence electrons. The highest BCUT2D eigenvalue weighted by Crippen LogP contribution is 2.20. The normalized spacial score (nSPS) is 18.8. The van der Waals surface area contributed by atoms with E-state index in [-0.39, 0.29) is 11.6 Å². The van der Waals surface area contributed by atoms with E-state index in [1.807, 2.05) is 0 Å². The third kappa shape index (κ3) is 5.14. The molecule has 0 bridgehead atoms. The van der Waals surface area contributed by atoms with Crippen LogP contribution in [0.1, 0.15) is 50.2 Å². The Morgan fingerprint density at radius 2 is 2.05 bits per heavy atom. The number of rotatable bonds is 4. The van der Waals surface area contributed by atoms with E-state index < -0.39 is 11.9 Å². The van der Waals surface area contributed by atoms with Crippen molar-refractivity contribution in [3.05, 3.63) is 34.6 Å². The van der Waals surface area contributed by atoms with Gasteiger partial charge in [-0.05, 0) is 30.5 Å². The van der Waals surface area contributed by atoms with Gasteiger partial charge in [0.15, 0.2) is 5.96 Å². The molecule has 0 spiro atoms. The predicted molar refractivity (Wildman–Crippen MR) is 87.5 cm³/mol. The highest BCUT2D eigenvalue weighted by Gasteiger charge is 2.13. The molecule has 2 rings (SSSR count). The van der Waals surface area contributed by atoms with Gasteiger partial charge in [-0.2, -0.15) is 0 Å². The second kappa shape index (κ2) is 8.34. The van der Waals surface area contributed by atoms with Crippen LogP contribution < -0.4 is 11.1 Å². The van der Waals surface area contributed by atoms with Crippen LogP contribution in [0.3, 0.4) is 0 Å². The molecule has 0 aromatic heterocycles. The Balaban J connectivity index is 1.87. The molecule has 1 atom stereocenters. The Morgan fingerprint density at radius 1 is 1.36 bits per heavy atom. The average molecular weight is 328 g/mol. The molecule has 1 aromatic carbocycles. The minimum Gasteiger partial charge on any atom is -0.386 e. The maximum Gasteiger partial charge on any atom is 0.188 e. The first-order chi connectivity index (χ1) is 10.6. The van der Waals surface area contributed by atoms with E-state index >= 15 is 0 Å². The van der Waals surface area contributed by atoms with Gasteiger partial charge in [0.25, 0.3) is 0 Å². The van der Waals surface area contributed by atoms with E-state index in [2.05, 4.69) is 10.3 Å². The van der Waals surface area contributed by atoms with Crippen molar-refractivity contribution in [2.24, 2.45) is 10.7 Å². The topological polar surface area (TPSA) is 70.6 Å². The molecular weight excluding hydrogens is 305 g/mol. The molecule has 0 saturated heterocycles. The van der Waals surface area contributed by atoms with Crippen LogP contribution >= 0.6 is 11.6 Å². The number of guanidine groups is 1. The van der Waals surface area contributed by atoms with Crippen LogP contribution in [-0.2, 0) is 0 Å². The van der Waals surface area contributed by atoms with Crippen LogP contribution in [0.2, 0.25) is 5.02 Å². The van der Waals surface area contributed by atoms with Crippen LogP contribution in [0.5, 0.6) is 0 Å². The third-order valence-electron chi connectivity index (χ3n) is 3.97. The number of aliphatic hydroxyl groups excluding tert-OH is 1. The molecule has 1 unspecified atom stereocenters. The molecular formula is C16H23ClFN3O. The number of aliphatic imine (C=N–C) groups is 1. The fourth-order valence-corrected chi connectivity index (χ4v) is 2.81. The lowest BCUT2D eigenvalue weighted by Crippen LogP contribution is -2.40. The maximum atomic E-state index is 13.4. The van der Waals surface area contributed by atoms with Gasteiger partial charge in [-0.25, -0.2) is 4.39 Å². The number of nitrogens with two attached hydrogens (primary N) is 1. The summed E-state index contributed by atoms with van der Waals surface area (Å²) in [4.78, 5) is 4.16. The summed E-state index contributed by atoms with van der Waals surface area (Å²) in [6.45, 7) is 0.0899. The zero-order valence-electron chi connectivity index (χ0n) is 12.6.